The van der Waals surface area contributed by atoms with Crippen LogP contribution < -0.4 is 16.8 Å². The summed E-state index contributed by atoms with van der Waals surface area (Å²) in [6, 6.07) is 7.04. The molecule has 0 fully saturated rings. The first kappa shape index (κ1) is 14.2. The molecule has 19 heavy (non-hydrogen) atoms. The lowest BCUT2D eigenvalue weighted by Gasteiger charge is -2.12. The third-order valence-electron chi connectivity index (χ3n) is 2.45. The summed E-state index contributed by atoms with van der Waals surface area (Å²) in [7, 11) is 0. The minimum atomic E-state index is -0.566. The number of anilines is 2. The van der Waals surface area contributed by atoms with Gasteiger partial charge in [0.1, 0.15) is 0 Å². The summed E-state index contributed by atoms with van der Waals surface area (Å²) in [5, 5.41) is 3.50. The molecule has 1 heterocycles. The number of carbonyl (C=O) groups is 1. The monoisotopic (exact) mass is 359 g/mol. The second-order valence-electron chi connectivity index (χ2n) is 3.85. The number of halogens is 2. The van der Waals surface area contributed by atoms with Crippen LogP contribution in [0, 0.1) is 0 Å². The molecule has 2 rings (SSSR count). The van der Waals surface area contributed by atoms with E-state index in [2.05, 4.69) is 21.2 Å². The summed E-state index contributed by atoms with van der Waals surface area (Å²) >= 11 is 11.1. The zero-order chi connectivity index (χ0) is 14.0. The SMILES string of the molecule is NC(=O)c1cc(N)cc(Cl)c1NCc1ccc(Br)s1. The first-order chi connectivity index (χ1) is 8.97. The van der Waals surface area contributed by atoms with Gasteiger partial charge in [-0.05, 0) is 40.2 Å². The van der Waals surface area contributed by atoms with Crippen LogP contribution in [0.3, 0.4) is 0 Å². The Labute approximate surface area is 127 Å². The second-order valence-corrected chi connectivity index (χ2v) is 6.80. The number of primary amides is 1. The molecule has 1 aromatic carbocycles. The van der Waals surface area contributed by atoms with Crippen LogP contribution in [0.15, 0.2) is 28.1 Å². The van der Waals surface area contributed by atoms with Crippen LogP contribution in [0.25, 0.3) is 0 Å². The van der Waals surface area contributed by atoms with Crippen LogP contribution in [-0.2, 0) is 6.54 Å². The molecule has 0 radical (unpaired) electrons. The van der Waals surface area contributed by atoms with Gasteiger partial charge in [0.2, 0.25) is 0 Å². The lowest BCUT2D eigenvalue weighted by molar-refractivity contribution is 0.100. The minimum absolute atomic E-state index is 0.292. The normalized spacial score (nSPS) is 10.4. The molecule has 7 heteroatoms. The molecule has 0 saturated carbocycles. The second kappa shape index (κ2) is 5.81. The highest BCUT2D eigenvalue weighted by Gasteiger charge is 2.13. The Kier molecular flexibility index (Phi) is 4.34. The number of amides is 1. The van der Waals surface area contributed by atoms with Gasteiger partial charge in [0.25, 0.3) is 5.91 Å². The molecule has 0 aliphatic heterocycles. The molecule has 0 bridgehead atoms. The number of benzene rings is 1. The number of carbonyl (C=O) groups excluding carboxylic acids is 1. The molecule has 100 valence electrons. The maximum absolute atomic E-state index is 11.4. The number of nitrogens with one attached hydrogen (secondary N) is 1. The van der Waals surface area contributed by atoms with E-state index >= 15 is 0 Å². The van der Waals surface area contributed by atoms with E-state index in [0.29, 0.717) is 28.5 Å². The summed E-state index contributed by atoms with van der Waals surface area (Å²) in [4.78, 5) is 12.5. The van der Waals surface area contributed by atoms with Crippen LogP contribution in [-0.4, -0.2) is 5.91 Å². The molecule has 5 N–H and O–H groups in total. The van der Waals surface area contributed by atoms with Crippen LogP contribution in [0.4, 0.5) is 11.4 Å². The number of rotatable bonds is 4. The number of hydrogen-bond acceptors (Lipinski definition) is 4. The van der Waals surface area contributed by atoms with Crippen LogP contribution in [0.2, 0.25) is 5.02 Å². The Bertz CT molecular complexity index is 629. The molecule has 0 saturated heterocycles. The molecule has 0 spiro atoms. The quantitative estimate of drug-likeness (QED) is 0.730. The van der Waals surface area contributed by atoms with Crippen molar-refractivity contribution >= 4 is 56.1 Å². The molecular formula is C12H11BrClN3OS. The zero-order valence-corrected chi connectivity index (χ0v) is 12.9. The highest BCUT2D eigenvalue weighted by molar-refractivity contribution is 9.11. The lowest BCUT2D eigenvalue weighted by atomic mass is 10.1. The van der Waals surface area contributed by atoms with Crippen molar-refractivity contribution in [2.75, 3.05) is 11.1 Å². The van der Waals surface area contributed by atoms with Gasteiger partial charge in [-0.1, -0.05) is 11.6 Å². The largest absolute Gasteiger partial charge is 0.399 e. The van der Waals surface area contributed by atoms with E-state index in [-0.39, 0.29) is 0 Å². The van der Waals surface area contributed by atoms with Gasteiger partial charge >= 0.3 is 0 Å². The standard InChI is InChI=1S/C12H11BrClN3OS/c13-10-2-1-7(19-10)5-17-11-8(12(16)18)3-6(15)4-9(11)14/h1-4,17H,5,15H2,(H2,16,18). The summed E-state index contributed by atoms with van der Waals surface area (Å²) in [6.45, 7) is 0.556. The highest BCUT2D eigenvalue weighted by atomic mass is 79.9. The van der Waals surface area contributed by atoms with Crippen molar-refractivity contribution in [2.24, 2.45) is 5.73 Å². The molecule has 1 amide bonds. The van der Waals surface area contributed by atoms with E-state index in [9.17, 15) is 4.79 Å². The summed E-state index contributed by atoms with van der Waals surface area (Å²) in [5.41, 5.74) is 12.2. The number of hydrogen-bond donors (Lipinski definition) is 3. The molecule has 0 unspecified atom stereocenters. The Balaban J connectivity index is 2.26. The fourth-order valence-corrected chi connectivity index (χ4v) is 3.34. The van der Waals surface area contributed by atoms with Crippen LogP contribution in [0.1, 0.15) is 15.2 Å². The number of thiophene rings is 1. The average molecular weight is 361 g/mol. The Hall–Kier alpha value is -1.24. The van der Waals surface area contributed by atoms with Crippen molar-refractivity contribution < 1.29 is 4.79 Å². The Morgan fingerprint density at radius 3 is 2.74 bits per heavy atom. The van der Waals surface area contributed by atoms with Gasteiger partial charge in [0.15, 0.2) is 0 Å². The molecule has 0 aliphatic rings. The maximum atomic E-state index is 11.4. The van der Waals surface area contributed by atoms with Gasteiger partial charge in [-0.15, -0.1) is 11.3 Å². The van der Waals surface area contributed by atoms with E-state index in [4.69, 9.17) is 23.1 Å². The first-order valence-electron chi connectivity index (χ1n) is 5.34. The van der Waals surface area contributed by atoms with Crippen molar-refractivity contribution in [3.63, 3.8) is 0 Å². The fourth-order valence-electron chi connectivity index (χ4n) is 1.62. The highest BCUT2D eigenvalue weighted by Crippen LogP contribution is 2.30. The third-order valence-corrected chi connectivity index (χ3v) is 4.37. The van der Waals surface area contributed by atoms with E-state index in [1.165, 1.54) is 6.07 Å². The number of nitrogens with two attached hydrogens (primary N) is 2. The van der Waals surface area contributed by atoms with Gasteiger partial charge in [-0.2, -0.15) is 0 Å². The van der Waals surface area contributed by atoms with Crippen molar-refractivity contribution in [1.29, 1.82) is 0 Å². The molecule has 0 aliphatic carbocycles. The smallest absolute Gasteiger partial charge is 0.250 e. The van der Waals surface area contributed by atoms with Gasteiger partial charge in [0.05, 0.1) is 20.1 Å². The number of nitrogen functional groups attached to an aromatic ring is 1. The average Bonchev–Trinajstić information content (AvgIpc) is 2.73. The Morgan fingerprint density at radius 1 is 1.42 bits per heavy atom. The molecular weight excluding hydrogens is 350 g/mol. The summed E-state index contributed by atoms with van der Waals surface area (Å²) < 4.78 is 1.04. The van der Waals surface area contributed by atoms with Crippen molar-refractivity contribution in [1.82, 2.24) is 0 Å². The van der Waals surface area contributed by atoms with Crippen molar-refractivity contribution in [3.05, 3.63) is 43.5 Å². The molecule has 1 aromatic heterocycles. The van der Waals surface area contributed by atoms with Gasteiger partial charge in [-0.25, -0.2) is 0 Å². The fraction of sp³-hybridized carbons (Fsp3) is 0.0833. The zero-order valence-electron chi connectivity index (χ0n) is 9.74. The van der Waals surface area contributed by atoms with Crippen LogP contribution in [0.5, 0.6) is 0 Å². The molecule has 2 aromatic rings. The van der Waals surface area contributed by atoms with Gasteiger partial charge in [0, 0.05) is 17.1 Å². The molecule has 4 nitrogen and oxygen atoms in total. The topological polar surface area (TPSA) is 81.1 Å². The third kappa shape index (κ3) is 3.40. The lowest BCUT2D eigenvalue weighted by Crippen LogP contribution is -2.15. The van der Waals surface area contributed by atoms with Gasteiger partial charge in [-0.3, -0.25) is 4.79 Å². The molecule has 0 atom stereocenters. The van der Waals surface area contributed by atoms with Crippen molar-refractivity contribution in [2.45, 2.75) is 6.54 Å². The van der Waals surface area contributed by atoms with E-state index in [1.807, 2.05) is 12.1 Å². The van der Waals surface area contributed by atoms with Crippen molar-refractivity contribution in [3.8, 4) is 0 Å². The maximum Gasteiger partial charge on any atom is 0.250 e. The predicted octanol–water partition coefficient (Wildman–Crippen LogP) is 3.46. The van der Waals surface area contributed by atoms with E-state index in [1.54, 1.807) is 17.4 Å². The summed E-state index contributed by atoms with van der Waals surface area (Å²) in [5.74, 6) is -0.566. The van der Waals surface area contributed by atoms with E-state index in [0.717, 1.165) is 8.66 Å². The van der Waals surface area contributed by atoms with Gasteiger partial charge < -0.3 is 16.8 Å². The van der Waals surface area contributed by atoms with E-state index < -0.39 is 5.91 Å². The first-order valence-corrected chi connectivity index (χ1v) is 7.33. The minimum Gasteiger partial charge on any atom is -0.399 e. The summed E-state index contributed by atoms with van der Waals surface area (Å²) in [6.07, 6.45) is 0. The Morgan fingerprint density at radius 2 is 2.16 bits per heavy atom. The predicted molar refractivity (Wildman–Crippen MR) is 83.7 cm³/mol. The van der Waals surface area contributed by atoms with Crippen LogP contribution >= 0.6 is 38.9 Å².